The molecule has 4 amide bonds. The van der Waals surface area contributed by atoms with Gasteiger partial charge in [-0.25, -0.2) is 9.59 Å². The Hall–Kier alpha value is -4.12. The minimum absolute atomic E-state index is 0.0112. The number of amides is 4. The van der Waals surface area contributed by atoms with E-state index >= 15 is 0 Å². The summed E-state index contributed by atoms with van der Waals surface area (Å²) in [5, 5.41) is 17.4. The molecule has 11 nitrogen and oxygen atoms in total. The smallest absolute Gasteiger partial charge is 0.323 e. The zero-order valence-electron chi connectivity index (χ0n) is 22.4. The molecule has 0 aromatic heterocycles. The van der Waals surface area contributed by atoms with Crippen LogP contribution in [0.15, 0.2) is 42.5 Å². The summed E-state index contributed by atoms with van der Waals surface area (Å²) in [7, 11) is 4.72. The van der Waals surface area contributed by atoms with Crippen LogP contribution >= 0.6 is 0 Å². The molecular weight excluding hydrogens is 490 g/mol. The number of nitrogens with one attached hydrogen (secondary N) is 3. The molecule has 2 rings (SSSR count). The number of hydrogen-bond donors (Lipinski definition) is 4. The molecule has 0 aliphatic carbocycles. The number of hydrogen-bond acceptors (Lipinski definition) is 6. The highest BCUT2D eigenvalue weighted by molar-refractivity contribution is 6.01. The number of nitrogens with zero attached hydrogens (tertiary/aromatic N) is 2. The van der Waals surface area contributed by atoms with Crippen molar-refractivity contribution >= 4 is 35.2 Å². The average Bonchev–Trinajstić information content (AvgIpc) is 2.88. The number of carbonyl (C=O) groups excluding carboxylic acids is 3. The molecule has 0 radical (unpaired) electrons. The third-order valence-electron chi connectivity index (χ3n) is 5.79. The molecule has 0 aliphatic rings. The second-order valence-corrected chi connectivity index (χ2v) is 8.94. The van der Waals surface area contributed by atoms with Crippen LogP contribution in [0, 0.1) is 6.92 Å². The first-order valence-electron chi connectivity index (χ1n) is 12.3. The molecule has 0 heterocycles. The lowest BCUT2D eigenvalue weighted by molar-refractivity contribution is -0.137. The molecule has 206 valence electrons. The van der Waals surface area contributed by atoms with Crippen LogP contribution in [0.5, 0.6) is 5.75 Å². The van der Waals surface area contributed by atoms with E-state index in [1.54, 1.807) is 32.3 Å². The Balaban J connectivity index is 1.75. The molecule has 38 heavy (non-hydrogen) atoms. The molecule has 0 atom stereocenters. The zero-order chi connectivity index (χ0) is 28.1. The van der Waals surface area contributed by atoms with Gasteiger partial charge in [0.1, 0.15) is 5.75 Å². The minimum Gasteiger partial charge on any atom is -0.495 e. The van der Waals surface area contributed by atoms with Gasteiger partial charge in [0.05, 0.1) is 25.8 Å². The maximum Gasteiger partial charge on any atom is 0.323 e. The van der Waals surface area contributed by atoms with E-state index in [1.165, 1.54) is 16.9 Å². The number of carboxylic acid groups (broad SMARTS) is 1. The van der Waals surface area contributed by atoms with Gasteiger partial charge in [-0.3, -0.25) is 9.59 Å². The van der Waals surface area contributed by atoms with E-state index in [-0.39, 0.29) is 37.7 Å². The fourth-order valence-corrected chi connectivity index (χ4v) is 3.64. The minimum atomic E-state index is -0.950. The van der Waals surface area contributed by atoms with E-state index in [2.05, 4.69) is 16.0 Å². The van der Waals surface area contributed by atoms with E-state index in [9.17, 15) is 19.2 Å². The molecule has 0 spiro atoms. The molecular formula is C27H37N5O6. The number of rotatable bonds is 14. The molecule has 2 aromatic rings. The van der Waals surface area contributed by atoms with Crippen molar-refractivity contribution in [1.29, 1.82) is 0 Å². The van der Waals surface area contributed by atoms with Gasteiger partial charge in [-0.15, -0.1) is 0 Å². The number of aryl methyl sites for hydroxylation is 1. The fraction of sp³-hybridized carbons (Fsp3) is 0.407. The van der Waals surface area contributed by atoms with Crippen LogP contribution in [-0.2, 0) is 16.0 Å². The summed E-state index contributed by atoms with van der Waals surface area (Å²) < 4.78 is 5.41. The van der Waals surface area contributed by atoms with Crippen LogP contribution in [0.2, 0.25) is 0 Å². The van der Waals surface area contributed by atoms with Crippen LogP contribution in [0.3, 0.4) is 0 Å². The predicted octanol–water partition coefficient (Wildman–Crippen LogP) is 3.20. The number of Topliss-reactive ketones (excluding diaryl/α,β-unsaturated/α-hetero) is 1. The molecule has 2 aromatic carbocycles. The van der Waals surface area contributed by atoms with Crippen LogP contribution in [0.4, 0.5) is 21.0 Å². The first-order chi connectivity index (χ1) is 18.1. The number of para-hydroxylation sites is 1. The second kappa shape index (κ2) is 15.2. The van der Waals surface area contributed by atoms with Crippen molar-refractivity contribution in [1.82, 2.24) is 15.1 Å². The maximum absolute atomic E-state index is 12.4. The van der Waals surface area contributed by atoms with Crippen molar-refractivity contribution in [2.75, 3.05) is 58.0 Å². The van der Waals surface area contributed by atoms with E-state index in [1.807, 2.05) is 31.2 Å². The Labute approximate surface area is 223 Å². The number of methoxy groups -OCH3 is 1. The maximum atomic E-state index is 12.4. The number of carboxylic acids is 1. The zero-order valence-corrected chi connectivity index (χ0v) is 22.4. The molecule has 0 saturated heterocycles. The van der Waals surface area contributed by atoms with Crippen molar-refractivity contribution in [2.24, 2.45) is 0 Å². The summed E-state index contributed by atoms with van der Waals surface area (Å²) in [6.07, 6.45) is 0.737. The third-order valence-corrected chi connectivity index (χ3v) is 5.79. The monoisotopic (exact) mass is 527 g/mol. The van der Waals surface area contributed by atoms with Crippen molar-refractivity contribution in [3.63, 3.8) is 0 Å². The summed E-state index contributed by atoms with van der Waals surface area (Å²) >= 11 is 0. The lowest BCUT2D eigenvalue weighted by atomic mass is 10.1. The molecule has 0 unspecified atom stereocenters. The number of aliphatic carboxylic acids is 1. The molecule has 11 heteroatoms. The van der Waals surface area contributed by atoms with Gasteiger partial charge in [0.2, 0.25) is 0 Å². The number of ether oxygens (including phenoxy) is 1. The Morgan fingerprint density at radius 3 is 2.32 bits per heavy atom. The Bertz CT molecular complexity index is 1120. The van der Waals surface area contributed by atoms with E-state index in [0.717, 1.165) is 11.1 Å². The number of ketones is 1. The normalized spacial score (nSPS) is 10.4. The SMILES string of the molecule is COc1cc(CC(=O)CNCCCN(C)C(=O)N(C)CCC(=O)O)ccc1NC(=O)Nc1ccccc1C. The van der Waals surface area contributed by atoms with Crippen LogP contribution < -0.4 is 20.7 Å². The first-order valence-corrected chi connectivity index (χ1v) is 12.3. The van der Waals surface area contributed by atoms with Crippen molar-refractivity contribution in [3.05, 3.63) is 53.6 Å². The summed E-state index contributed by atoms with van der Waals surface area (Å²) in [6, 6.07) is 12.0. The van der Waals surface area contributed by atoms with Gasteiger partial charge in [0.15, 0.2) is 5.78 Å². The number of urea groups is 2. The van der Waals surface area contributed by atoms with Gasteiger partial charge >= 0.3 is 18.0 Å². The number of carbonyl (C=O) groups is 4. The van der Waals surface area contributed by atoms with Gasteiger partial charge in [0, 0.05) is 39.3 Å². The van der Waals surface area contributed by atoms with Crippen LogP contribution in [-0.4, -0.2) is 86.1 Å². The van der Waals surface area contributed by atoms with Crippen LogP contribution in [0.1, 0.15) is 24.0 Å². The first kappa shape index (κ1) is 30.1. The summed E-state index contributed by atoms with van der Waals surface area (Å²) in [5.41, 5.74) is 2.90. The Kier molecular flexibility index (Phi) is 12.0. The van der Waals surface area contributed by atoms with Gasteiger partial charge in [0.25, 0.3) is 0 Å². The quantitative estimate of drug-likeness (QED) is 0.277. The molecule has 0 saturated carbocycles. The van der Waals surface area contributed by atoms with Gasteiger partial charge < -0.3 is 35.6 Å². The highest BCUT2D eigenvalue weighted by Crippen LogP contribution is 2.26. The van der Waals surface area contributed by atoms with E-state index in [0.29, 0.717) is 36.6 Å². The average molecular weight is 528 g/mol. The summed E-state index contributed by atoms with van der Waals surface area (Å²) in [6.45, 7) is 3.25. The third kappa shape index (κ3) is 10.1. The molecule has 0 fully saturated rings. The van der Waals surface area contributed by atoms with Gasteiger partial charge in [-0.1, -0.05) is 24.3 Å². The molecule has 4 N–H and O–H groups in total. The van der Waals surface area contributed by atoms with Crippen LogP contribution in [0.25, 0.3) is 0 Å². The van der Waals surface area contributed by atoms with E-state index < -0.39 is 12.0 Å². The van der Waals surface area contributed by atoms with Gasteiger partial charge in [-0.05, 0) is 49.2 Å². The number of benzene rings is 2. The Morgan fingerprint density at radius 2 is 1.63 bits per heavy atom. The molecule has 0 bridgehead atoms. The standard InChI is InChI=1S/C27H37N5O6/c1-19-8-5-6-9-22(19)29-26(36)30-23-11-10-20(17-24(23)38-4)16-21(33)18-28-13-7-14-31(2)27(37)32(3)15-12-25(34)35/h5-6,8-11,17,28H,7,12-16,18H2,1-4H3,(H,34,35)(H2,29,30,36). The highest BCUT2D eigenvalue weighted by atomic mass is 16.5. The second-order valence-electron chi connectivity index (χ2n) is 8.94. The van der Waals surface area contributed by atoms with E-state index in [4.69, 9.17) is 9.84 Å². The lowest BCUT2D eigenvalue weighted by Gasteiger charge is -2.24. The van der Waals surface area contributed by atoms with Crippen molar-refractivity contribution < 1.29 is 29.0 Å². The number of anilines is 2. The predicted molar refractivity (Wildman–Crippen MR) is 146 cm³/mol. The van der Waals surface area contributed by atoms with Gasteiger partial charge in [-0.2, -0.15) is 0 Å². The fourth-order valence-electron chi connectivity index (χ4n) is 3.64. The highest BCUT2D eigenvalue weighted by Gasteiger charge is 2.15. The lowest BCUT2D eigenvalue weighted by Crippen LogP contribution is -2.40. The summed E-state index contributed by atoms with van der Waals surface area (Å²) in [4.78, 5) is 50.6. The Morgan fingerprint density at radius 1 is 0.947 bits per heavy atom. The topological polar surface area (TPSA) is 140 Å². The largest absolute Gasteiger partial charge is 0.495 e. The summed E-state index contributed by atoms with van der Waals surface area (Å²) in [5.74, 6) is -0.513. The van der Waals surface area contributed by atoms with Crippen molar-refractivity contribution in [2.45, 2.75) is 26.2 Å². The van der Waals surface area contributed by atoms with Crippen molar-refractivity contribution in [3.8, 4) is 5.75 Å². The molecule has 0 aliphatic heterocycles.